The van der Waals surface area contributed by atoms with Crippen molar-refractivity contribution in [2.75, 3.05) is 0 Å². The summed E-state index contributed by atoms with van der Waals surface area (Å²) in [6, 6.07) is 0.830. The van der Waals surface area contributed by atoms with Crippen molar-refractivity contribution < 1.29 is 18.1 Å². The first-order valence-corrected chi connectivity index (χ1v) is 4.27. The molecule has 8 heteroatoms. The molecule has 0 spiro atoms. The van der Waals surface area contributed by atoms with E-state index in [9.17, 15) is 23.3 Å². The summed E-state index contributed by atoms with van der Waals surface area (Å²) in [5.41, 5.74) is -2.49. The highest BCUT2D eigenvalue weighted by atomic mass is 127. The van der Waals surface area contributed by atoms with Crippen molar-refractivity contribution in [3.05, 3.63) is 31.6 Å². The summed E-state index contributed by atoms with van der Waals surface area (Å²) in [5, 5.41) is 10.3. The topological polar surface area (TPSA) is 56.0 Å². The predicted molar refractivity (Wildman–Crippen MR) is 48.6 cm³/mol. The first-order chi connectivity index (χ1) is 6.32. The summed E-state index contributed by atoms with van der Waals surface area (Å²) in [4.78, 5) is 12.2. The molecule has 0 N–H and O–H groups in total. The molecule has 1 aromatic rings. The molecule has 14 heavy (non-hydrogen) atoms. The monoisotopic (exact) mass is 318 g/mol. The molecule has 1 aromatic heterocycles. The van der Waals surface area contributed by atoms with E-state index in [0.717, 1.165) is 12.3 Å². The second-order valence-electron chi connectivity index (χ2n) is 2.28. The summed E-state index contributed by atoms with van der Waals surface area (Å²) in [6.45, 7) is 0. The predicted octanol–water partition coefficient (Wildman–Crippen LogP) is 2.61. The fourth-order valence-electron chi connectivity index (χ4n) is 0.786. The Bertz CT molecular complexity index is 380. The van der Waals surface area contributed by atoms with Gasteiger partial charge in [0.25, 0.3) is 0 Å². The van der Waals surface area contributed by atoms with Gasteiger partial charge < -0.3 is 0 Å². The maximum atomic E-state index is 12.2. The summed E-state index contributed by atoms with van der Waals surface area (Å²) in [5.74, 6) is 0. The molecule has 0 aromatic carbocycles. The Hall–Kier alpha value is -0.930. The van der Waals surface area contributed by atoms with Gasteiger partial charge in [-0.1, -0.05) is 0 Å². The van der Waals surface area contributed by atoms with Crippen LogP contribution in [0.5, 0.6) is 0 Å². The van der Waals surface area contributed by atoms with Gasteiger partial charge in [0, 0.05) is 15.8 Å². The summed E-state index contributed by atoms with van der Waals surface area (Å²) in [6.07, 6.45) is -3.87. The van der Waals surface area contributed by atoms with E-state index in [0.29, 0.717) is 0 Å². The fourth-order valence-corrected chi connectivity index (χ4v) is 1.22. The van der Waals surface area contributed by atoms with Gasteiger partial charge in [-0.2, -0.15) is 13.2 Å². The number of hydrogen-bond donors (Lipinski definition) is 0. The van der Waals surface area contributed by atoms with Crippen molar-refractivity contribution >= 4 is 28.3 Å². The number of hydrogen-bond acceptors (Lipinski definition) is 3. The third-order valence-corrected chi connectivity index (χ3v) is 1.89. The molecule has 0 amide bonds. The van der Waals surface area contributed by atoms with Crippen LogP contribution in [0.15, 0.2) is 12.3 Å². The quantitative estimate of drug-likeness (QED) is 0.454. The van der Waals surface area contributed by atoms with Crippen molar-refractivity contribution in [2.24, 2.45) is 0 Å². The van der Waals surface area contributed by atoms with Gasteiger partial charge in [-0.15, -0.1) is 0 Å². The van der Waals surface area contributed by atoms with Gasteiger partial charge in [0.15, 0.2) is 0 Å². The molecule has 1 heterocycles. The minimum absolute atomic E-state index is 0.280. The average Bonchev–Trinajstić information content (AvgIpc) is 2.01. The lowest BCUT2D eigenvalue weighted by Crippen LogP contribution is -2.11. The molecule has 0 radical (unpaired) electrons. The zero-order chi connectivity index (χ0) is 10.9. The summed E-state index contributed by atoms with van der Waals surface area (Å²) >= 11 is 1.65. The van der Waals surface area contributed by atoms with Gasteiger partial charge in [-0.25, -0.2) is 4.98 Å². The molecule has 4 nitrogen and oxygen atoms in total. The van der Waals surface area contributed by atoms with E-state index >= 15 is 0 Å². The molecule has 0 saturated carbocycles. The first-order valence-electron chi connectivity index (χ1n) is 3.19. The molecular weight excluding hydrogens is 316 g/mol. The highest BCUT2D eigenvalue weighted by Gasteiger charge is 2.40. The Morgan fingerprint density at radius 2 is 2.07 bits per heavy atom. The van der Waals surface area contributed by atoms with Crippen LogP contribution in [0.4, 0.5) is 18.9 Å². The van der Waals surface area contributed by atoms with Gasteiger partial charge in [0.1, 0.15) is 0 Å². The van der Waals surface area contributed by atoms with Crippen molar-refractivity contribution in [1.82, 2.24) is 4.98 Å². The Morgan fingerprint density at radius 1 is 1.50 bits per heavy atom. The Kier molecular flexibility index (Phi) is 2.92. The lowest BCUT2D eigenvalue weighted by molar-refractivity contribution is -0.388. The number of pyridine rings is 1. The Balaban J connectivity index is 3.37. The third kappa shape index (κ3) is 2.30. The Labute approximate surface area is 89.4 Å². The van der Waals surface area contributed by atoms with Crippen LogP contribution < -0.4 is 0 Å². The standard InChI is InChI=1S/C6H2F3IN2O2/c7-6(8,9)5-4(12(13)14)1-3(10)2-11-5/h1-2H. The van der Waals surface area contributed by atoms with Crippen LogP contribution in [0.1, 0.15) is 5.69 Å². The third-order valence-electron chi connectivity index (χ3n) is 1.30. The van der Waals surface area contributed by atoms with E-state index < -0.39 is 22.5 Å². The van der Waals surface area contributed by atoms with E-state index in [1.807, 2.05) is 0 Å². The number of alkyl halides is 3. The SMILES string of the molecule is O=[N+]([O-])c1cc(I)cnc1C(F)(F)F. The van der Waals surface area contributed by atoms with Crippen molar-refractivity contribution in [1.29, 1.82) is 0 Å². The van der Waals surface area contributed by atoms with Gasteiger partial charge in [0.05, 0.1) is 4.92 Å². The van der Waals surface area contributed by atoms with Crippen LogP contribution in [-0.4, -0.2) is 9.91 Å². The molecule has 0 bridgehead atoms. The zero-order valence-electron chi connectivity index (χ0n) is 6.38. The minimum atomic E-state index is -4.80. The number of aromatic nitrogens is 1. The number of nitrogens with zero attached hydrogens (tertiary/aromatic N) is 2. The van der Waals surface area contributed by atoms with Gasteiger partial charge in [-0.3, -0.25) is 10.1 Å². The lowest BCUT2D eigenvalue weighted by atomic mass is 10.3. The average molecular weight is 318 g/mol. The van der Waals surface area contributed by atoms with Crippen LogP contribution in [0.25, 0.3) is 0 Å². The number of rotatable bonds is 1. The van der Waals surface area contributed by atoms with E-state index in [1.54, 1.807) is 22.6 Å². The van der Waals surface area contributed by atoms with E-state index in [2.05, 4.69) is 4.98 Å². The summed E-state index contributed by atoms with van der Waals surface area (Å²) in [7, 11) is 0. The largest absolute Gasteiger partial charge is 0.440 e. The number of halogens is 4. The van der Waals surface area contributed by atoms with Gasteiger partial charge in [0.2, 0.25) is 5.69 Å². The van der Waals surface area contributed by atoms with Crippen molar-refractivity contribution in [3.8, 4) is 0 Å². The van der Waals surface area contributed by atoms with Crippen LogP contribution in [0.2, 0.25) is 0 Å². The zero-order valence-corrected chi connectivity index (χ0v) is 8.53. The normalized spacial score (nSPS) is 11.4. The molecule has 0 aliphatic carbocycles. The molecule has 0 unspecified atom stereocenters. The minimum Gasteiger partial charge on any atom is -0.258 e. The van der Waals surface area contributed by atoms with Crippen molar-refractivity contribution in [2.45, 2.75) is 6.18 Å². The smallest absolute Gasteiger partial charge is 0.258 e. The van der Waals surface area contributed by atoms with E-state index in [-0.39, 0.29) is 3.57 Å². The second-order valence-corrected chi connectivity index (χ2v) is 3.52. The molecule has 0 fully saturated rings. The molecule has 0 aliphatic heterocycles. The van der Waals surface area contributed by atoms with Crippen LogP contribution >= 0.6 is 22.6 Å². The Morgan fingerprint density at radius 3 is 2.50 bits per heavy atom. The maximum Gasteiger partial charge on any atom is 0.440 e. The second kappa shape index (κ2) is 3.67. The van der Waals surface area contributed by atoms with Crippen LogP contribution in [0, 0.1) is 13.7 Å². The van der Waals surface area contributed by atoms with E-state index in [1.165, 1.54) is 0 Å². The van der Waals surface area contributed by atoms with E-state index in [4.69, 9.17) is 0 Å². The highest BCUT2D eigenvalue weighted by Crippen LogP contribution is 2.34. The molecule has 76 valence electrons. The van der Waals surface area contributed by atoms with Crippen LogP contribution in [-0.2, 0) is 6.18 Å². The van der Waals surface area contributed by atoms with Crippen molar-refractivity contribution in [3.63, 3.8) is 0 Å². The summed E-state index contributed by atoms with van der Waals surface area (Å²) < 4.78 is 36.8. The maximum absolute atomic E-state index is 12.2. The molecule has 1 rings (SSSR count). The molecule has 0 aliphatic rings. The molecule has 0 saturated heterocycles. The molecular formula is C6H2F3IN2O2. The first kappa shape index (κ1) is 11.1. The van der Waals surface area contributed by atoms with Gasteiger partial charge >= 0.3 is 11.9 Å². The fraction of sp³-hybridized carbons (Fsp3) is 0.167. The van der Waals surface area contributed by atoms with Gasteiger partial charge in [-0.05, 0) is 22.6 Å². The number of nitro groups is 1. The lowest BCUT2D eigenvalue weighted by Gasteiger charge is -2.05. The molecule has 0 atom stereocenters. The van der Waals surface area contributed by atoms with Crippen LogP contribution in [0.3, 0.4) is 0 Å². The highest BCUT2D eigenvalue weighted by molar-refractivity contribution is 14.1.